The van der Waals surface area contributed by atoms with Gasteiger partial charge in [-0.1, -0.05) is 6.92 Å². The molecule has 1 aromatic rings. The van der Waals surface area contributed by atoms with Crippen LogP contribution in [-0.2, 0) is 0 Å². The highest BCUT2D eigenvalue weighted by molar-refractivity contribution is 5.47. The zero-order chi connectivity index (χ0) is 9.68. The second kappa shape index (κ2) is 4.45. The summed E-state index contributed by atoms with van der Waals surface area (Å²) in [5, 5.41) is 13.3. The third-order valence-electron chi connectivity index (χ3n) is 1.68. The number of nitrogens with zero attached hydrogens (tertiary/aromatic N) is 2. The van der Waals surface area contributed by atoms with Gasteiger partial charge in [-0.05, 0) is 30.7 Å². The Morgan fingerprint density at radius 2 is 2.00 bits per heavy atom. The predicted octanol–water partition coefficient (Wildman–Crippen LogP) is 2.29. The molecule has 0 unspecified atom stereocenters. The van der Waals surface area contributed by atoms with Gasteiger partial charge >= 0.3 is 0 Å². The zero-order valence-corrected chi connectivity index (χ0v) is 7.47. The molecule has 0 aliphatic heterocycles. The van der Waals surface area contributed by atoms with Gasteiger partial charge in [0.1, 0.15) is 5.75 Å². The predicted molar refractivity (Wildman–Crippen MR) is 51.5 cm³/mol. The monoisotopic (exact) mass is 180 g/mol. The van der Waals surface area contributed by atoms with Gasteiger partial charge in [0.25, 0.3) is 0 Å². The van der Waals surface area contributed by atoms with Gasteiger partial charge in [-0.3, -0.25) is 0 Å². The second-order valence-corrected chi connectivity index (χ2v) is 2.72. The molecule has 1 rings (SSSR count). The van der Waals surface area contributed by atoms with E-state index < -0.39 is 0 Å². The van der Waals surface area contributed by atoms with Crippen LogP contribution >= 0.6 is 0 Å². The number of anilines is 1. The number of aromatic hydroxyl groups is 1. The Bertz CT molecular complexity index is 271. The van der Waals surface area contributed by atoms with Crippen LogP contribution in [0.25, 0.3) is 0 Å². The lowest BCUT2D eigenvalue weighted by molar-refractivity contribution is 0.475. The summed E-state index contributed by atoms with van der Waals surface area (Å²) >= 11 is 0. The first-order valence-corrected chi connectivity index (χ1v) is 4.17. The average Bonchev–Trinajstić information content (AvgIpc) is 2.16. The molecule has 0 aliphatic carbocycles. The Kier molecular flexibility index (Phi) is 3.25. The first-order chi connectivity index (χ1) is 6.27. The highest BCUT2D eigenvalue weighted by atomic mass is 16.3. The molecule has 4 nitrogen and oxygen atoms in total. The maximum absolute atomic E-state index is 10.4. The topological polar surface area (TPSA) is 52.9 Å². The van der Waals surface area contributed by atoms with Crippen LogP contribution in [0.3, 0.4) is 0 Å². The third-order valence-corrected chi connectivity index (χ3v) is 1.68. The van der Waals surface area contributed by atoms with E-state index in [4.69, 9.17) is 5.11 Å². The Morgan fingerprint density at radius 1 is 1.38 bits per heavy atom. The lowest BCUT2D eigenvalue weighted by atomic mass is 10.3. The lowest BCUT2D eigenvalue weighted by Gasteiger charge is -2.13. The number of hydrogen-bond donors (Lipinski definition) is 1. The van der Waals surface area contributed by atoms with Crippen molar-refractivity contribution in [2.24, 2.45) is 5.29 Å². The van der Waals surface area contributed by atoms with Crippen molar-refractivity contribution >= 4 is 5.69 Å². The molecule has 13 heavy (non-hydrogen) atoms. The fourth-order valence-corrected chi connectivity index (χ4v) is 1.05. The Balaban J connectivity index is 2.79. The summed E-state index contributed by atoms with van der Waals surface area (Å²) in [4.78, 5) is 10.4. The molecule has 0 aliphatic rings. The highest BCUT2D eigenvalue weighted by Gasteiger charge is 2.03. The zero-order valence-electron chi connectivity index (χ0n) is 7.47. The van der Waals surface area contributed by atoms with Gasteiger partial charge in [0.05, 0.1) is 11.0 Å². The highest BCUT2D eigenvalue weighted by Crippen LogP contribution is 2.18. The number of benzene rings is 1. The SMILES string of the molecule is CCCN(N=O)c1ccc(O)cc1. The molecule has 0 saturated carbocycles. The van der Waals surface area contributed by atoms with E-state index in [0.717, 1.165) is 6.42 Å². The number of nitroso groups, excluding NO2 is 1. The van der Waals surface area contributed by atoms with Crippen molar-refractivity contribution in [1.29, 1.82) is 0 Å². The van der Waals surface area contributed by atoms with Crippen LogP contribution in [-0.4, -0.2) is 11.7 Å². The molecule has 0 atom stereocenters. The maximum atomic E-state index is 10.4. The molecule has 1 aromatic carbocycles. The molecule has 0 aromatic heterocycles. The molecule has 1 N–H and O–H groups in total. The fraction of sp³-hybridized carbons (Fsp3) is 0.333. The molecule has 0 fully saturated rings. The molecule has 0 amide bonds. The Labute approximate surface area is 76.7 Å². The van der Waals surface area contributed by atoms with E-state index >= 15 is 0 Å². The summed E-state index contributed by atoms with van der Waals surface area (Å²) in [6.45, 7) is 2.56. The number of phenols is 1. The number of phenolic OH excluding ortho intramolecular Hbond substituents is 1. The van der Waals surface area contributed by atoms with Gasteiger partial charge in [-0.25, -0.2) is 5.01 Å². The Morgan fingerprint density at radius 3 is 2.46 bits per heavy atom. The van der Waals surface area contributed by atoms with E-state index in [1.54, 1.807) is 12.1 Å². The van der Waals surface area contributed by atoms with Crippen LogP contribution in [0.4, 0.5) is 5.69 Å². The second-order valence-electron chi connectivity index (χ2n) is 2.72. The van der Waals surface area contributed by atoms with Crippen molar-refractivity contribution in [3.63, 3.8) is 0 Å². The minimum Gasteiger partial charge on any atom is -0.508 e. The van der Waals surface area contributed by atoms with Gasteiger partial charge in [0.15, 0.2) is 0 Å². The largest absolute Gasteiger partial charge is 0.508 e. The summed E-state index contributed by atoms with van der Waals surface area (Å²) in [5.74, 6) is 0.186. The Hall–Kier alpha value is -1.58. The van der Waals surface area contributed by atoms with Crippen LogP contribution in [0, 0.1) is 4.91 Å². The van der Waals surface area contributed by atoms with Gasteiger partial charge in [0.2, 0.25) is 0 Å². The molecule has 4 heteroatoms. The molecule has 0 radical (unpaired) electrons. The van der Waals surface area contributed by atoms with E-state index in [1.807, 2.05) is 6.92 Å². The van der Waals surface area contributed by atoms with E-state index in [9.17, 15) is 4.91 Å². The van der Waals surface area contributed by atoms with E-state index in [2.05, 4.69) is 5.29 Å². The third kappa shape index (κ3) is 2.43. The van der Waals surface area contributed by atoms with E-state index in [0.29, 0.717) is 12.2 Å². The molecule has 0 bridgehead atoms. The summed E-state index contributed by atoms with van der Waals surface area (Å²) in [7, 11) is 0. The van der Waals surface area contributed by atoms with Crippen molar-refractivity contribution in [1.82, 2.24) is 0 Å². The van der Waals surface area contributed by atoms with Crippen LogP contribution in [0.2, 0.25) is 0 Å². The van der Waals surface area contributed by atoms with Crippen LogP contribution in [0.1, 0.15) is 13.3 Å². The summed E-state index contributed by atoms with van der Waals surface area (Å²) in [6, 6.07) is 6.38. The number of hydrogen-bond acceptors (Lipinski definition) is 3. The smallest absolute Gasteiger partial charge is 0.115 e. The molecular weight excluding hydrogens is 168 g/mol. The normalized spacial score (nSPS) is 9.62. The minimum atomic E-state index is 0.186. The fourth-order valence-electron chi connectivity index (χ4n) is 1.05. The van der Waals surface area contributed by atoms with Gasteiger partial charge in [0, 0.05) is 6.54 Å². The maximum Gasteiger partial charge on any atom is 0.115 e. The lowest BCUT2D eigenvalue weighted by Crippen LogP contribution is -2.15. The molecule has 0 spiro atoms. The van der Waals surface area contributed by atoms with Gasteiger partial charge in [-0.2, -0.15) is 0 Å². The summed E-state index contributed by atoms with van der Waals surface area (Å²) in [6.07, 6.45) is 0.854. The first-order valence-electron chi connectivity index (χ1n) is 4.17. The van der Waals surface area contributed by atoms with Gasteiger partial charge in [-0.15, -0.1) is 4.91 Å². The van der Waals surface area contributed by atoms with Crippen molar-refractivity contribution in [2.75, 3.05) is 11.6 Å². The summed E-state index contributed by atoms with van der Waals surface area (Å²) in [5.41, 5.74) is 0.703. The molecule has 0 heterocycles. The molecule has 70 valence electrons. The molecular formula is C9H12N2O2. The van der Waals surface area contributed by atoms with Crippen molar-refractivity contribution in [2.45, 2.75) is 13.3 Å². The average molecular weight is 180 g/mol. The van der Waals surface area contributed by atoms with E-state index in [-0.39, 0.29) is 5.75 Å². The molecule has 0 saturated heterocycles. The van der Waals surface area contributed by atoms with Crippen molar-refractivity contribution in [3.05, 3.63) is 29.2 Å². The quantitative estimate of drug-likeness (QED) is 0.571. The minimum absolute atomic E-state index is 0.186. The van der Waals surface area contributed by atoms with Crippen molar-refractivity contribution < 1.29 is 5.11 Å². The standard InChI is InChI=1S/C9H12N2O2/c1-2-7-11(10-13)8-3-5-9(12)6-4-8/h3-6,12H,2,7H2,1H3. The van der Waals surface area contributed by atoms with E-state index in [1.165, 1.54) is 17.1 Å². The van der Waals surface area contributed by atoms with Crippen LogP contribution in [0.5, 0.6) is 5.75 Å². The summed E-state index contributed by atoms with van der Waals surface area (Å²) < 4.78 is 0. The van der Waals surface area contributed by atoms with Crippen LogP contribution in [0.15, 0.2) is 29.6 Å². The van der Waals surface area contributed by atoms with Crippen LogP contribution < -0.4 is 5.01 Å². The first kappa shape index (κ1) is 9.51. The number of rotatable bonds is 4. The van der Waals surface area contributed by atoms with Gasteiger partial charge < -0.3 is 5.11 Å². The van der Waals surface area contributed by atoms with Crippen molar-refractivity contribution in [3.8, 4) is 5.75 Å².